The van der Waals surface area contributed by atoms with Crippen LogP contribution in [0.3, 0.4) is 0 Å². The summed E-state index contributed by atoms with van der Waals surface area (Å²) in [6, 6.07) is 1.11. The highest BCUT2D eigenvalue weighted by Gasteiger charge is 2.37. The minimum Gasteiger partial charge on any atom is -0.379 e. The number of carbonyl (C=O) groups is 1. The van der Waals surface area contributed by atoms with Crippen molar-refractivity contribution in [1.82, 2.24) is 25.5 Å². The van der Waals surface area contributed by atoms with Crippen LogP contribution < -0.4 is 21.4 Å². The molecule has 3 heterocycles. The number of hydrogen-bond donors (Lipinski definition) is 3. The first kappa shape index (κ1) is 24.4. The van der Waals surface area contributed by atoms with Crippen LogP contribution in [0.25, 0.3) is 10.6 Å². The lowest BCUT2D eigenvalue weighted by atomic mass is 9.93. The van der Waals surface area contributed by atoms with Crippen LogP contribution in [0.2, 0.25) is 0 Å². The van der Waals surface area contributed by atoms with E-state index in [0.717, 1.165) is 31.0 Å². The fraction of sp³-hybridized carbons (Fsp3) is 0.526. The molecule has 0 aliphatic carbocycles. The van der Waals surface area contributed by atoms with Crippen LogP contribution in [-0.4, -0.2) is 74.7 Å². The van der Waals surface area contributed by atoms with Crippen LogP contribution >= 0.6 is 11.3 Å². The van der Waals surface area contributed by atoms with Gasteiger partial charge in [0.1, 0.15) is 18.7 Å². The maximum absolute atomic E-state index is 13.6. The predicted octanol–water partition coefficient (Wildman–Crippen LogP) is 1.05. The van der Waals surface area contributed by atoms with Crippen molar-refractivity contribution in [3.05, 3.63) is 22.8 Å². The zero-order valence-electron chi connectivity index (χ0n) is 18.0. The molecule has 32 heavy (non-hydrogen) atoms. The Balaban J connectivity index is 1.74. The van der Waals surface area contributed by atoms with Crippen LogP contribution in [0, 0.1) is 0 Å². The topological polar surface area (TPSA) is 91.4 Å². The number of morpholine rings is 1. The predicted molar refractivity (Wildman–Crippen MR) is 120 cm³/mol. The molecule has 0 atom stereocenters. The second-order valence-corrected chi connectivity index (χ2v) is 8.37. The van der Waals surface area contributed by atoms with E-state index in [1.165, 1.54) is 6.20 Å². The first-order valence-corrected chi connectivity index (χ1v) is 11.2. The van der Waals surface area contributed by atoms with Crippen LogP contribution in [-0.2, 0) is 17.5 Å². The molecule has 0 spiro atoms. The summed E-state index contributed by atoms with van der Waals surface area (Å²) in [6.07, 6.45) is -3.05. The van der Waals surface area contributed by atoms with Gasteiger partial charge in [0.25, 0.3) is 0 Å². The van der Waals surface area contributed by atoms with Crippen molar-refractivity contribution < 1.29 is 22.7 Å². The quantitative estimate of drug-likeness (QED) is 0.395. The van der Waals surface area contributed by atoms with E-state index >= 15 is 0 Å². The van der Waals surface area contributed by atoms with Crippen molar-refractivity contribution >= 4 is 36.5 Å². The third kappa shape index (κ3) is 6.64. The third-order valence-electron chi connectivity index (χ3n) is 4.87. The van der Waals surface area contributed by atoms with Crippen molar-refractivity contribution in [3.8, 4) is 10.6 Å². The Morgan fingerprint density at radius 2 is 2.09 bits per heavy atom. The van der Waals surface area contributed by atoms with Crippen LogP contribution in [0.5, 0.6) is 0 Å². The summed E-state index contributed by atoms with van der Waals surface area (Å²) in [7, 11) is 1.74. The molecule has 3 rings (SSSR count). The number of rotatable bonds is 8. The number of halogens is 3. The lowest BCUT2D eigenvalue weighted by Crippen LogP contribution is -2.40. The van der Waals surface area contributed by atoms with Gasteiger partial charge in [0.05, 0.1) is 18.1 Å². The average molecular weight is 470 g/mol. The van der Waals surface area contributed by atoms with E-state index in [9.17, 15) is 18.0 Å². The number of carbonyl (C=O) groups excluding carboxylic acids is 1. The molecule has 174 valence electrons. The Hall–Kier alpha value is -2.22. The van der Waals surface area contributed by atoms with E-state index in [0.29, 0.717) is 37.3 Å². The molecule has 2 amide bonds. The second kappa shape index (κ2) is 11.1. The van der Waals surface area contributed by atoms with Gasteiger partial charge in [-0.15, -0.1) is 11.3 Å². The molecule has 13 heteroatoms. The van der Waals surface area contributed by atoms with E-state index in [2.05, 4.69) is 30.8 Å². The molecule has 2 aromatic heterocycles. The van der Waals surface area contributed by atoms with Crippen molar-refractivity contribution in [2.45, 2.75) is 19.6 Å². The van der Waals surface area contributed by atoms with Gasteiger partial charge in [0.15, 0.2) is 5.69 Å². The van der Waals surface area contributed by atoms with Crippen molar-refractivity contribution in [2.75, 3.05) is 51.3 Å². The number of pyridine rings is 1. The van der Waals surface area contributed by atoms with Crippen LogP contribution in [0.1, 0.15) is 17.5 Å². The molecule has 1 saturated heterocycles. The van der Waals surface area contributed by atoms with Crippen molar-refractivity contribution in [1.29, 1.82) is 0 Å². The third-order valence-corrected chi connectivity index (χ3v) is 5.96. The highest BCUT2D eigenvalue weighted by molar-refractivity contribution is 7.15. The Morgan fingerprint density at radius 3 is 2.78 bits per heavy atom. The second-order valence-electron chi connectivity index (χ2n) is 7.29. The number of alkyl halides is 3. The number of aromatic nitrogens is 2. The fourth-order valence-corrected chi connectivity index (χ4v) is 4.35. The van der Waals surface area contributed by atoms with Gasteiger partial charge in [0.2, 0.25) is 0 Å². The molecule has 1 fully saturated rings. The summed E-state index contributed by atoms with van der Waals surface area (Å²) in [5, 5.41) is 8.50. The smallest absolute Gasteiger partial charge is 0.379 e. The summed E-state index contributed by atoms with van der Waals surface area (Å²) in [4.78, 5) is 22.1. The van der Waals surface area contributed by atoms with Gasteiger partial charge in [0, 0.05) is 51.0 Å². The van der Waals surface area contributed by atoms with Gasteiger partial charge in [-0.1, -0.05) is 5.46 Å². The standard InChI is InChI=1S/C19H26BF3N6O2S/c1-2-25-18(30)27-15-9-12(13(20)10-26-15)17-28-16(19(21,22)23)14(32-17)11-24-3-4-29-5-7-31-8-6-29/h9-10,24H,2-8,11,20H2,1H3,(H2,25,26,27,30). The summed E-state index contributed by atoms with van der Waals surface area (Å²) < 4.78 is 46.2. The maximum atomic E-state index is 13.6. The Bertz CT molecular complexity index is 921. The minimum atomic E-state index is -4.56. The van der Waals surface area contributed by atoms with Crippen molar-refractivity contribution in [3.63, 3.8) is 0 Å². The van der Waals surface area contributed by atoms with Crippen LogP contribution in [0.15, 0.2) is 12.3 Å². The first-order chi connectivity index (χ1) is 15.3. The minimum absolute atomic E-state index is 0.0744. The molecule has 0 saturated carbocycles. The van der Waals surface area contributed by atoms with Crippen LogP contribution in [0.4, 0.5) is 23.8 Å². The number of nitrogens with one attached hydrogen (secondary N) is 3. The van der Waals surface area contributed by atoms with E-state index in [1.807, 2.05) is 0 Å². The SMILES string of the molecule is Bc1cnc(NC(=O)NCC)cc1-c1nc(C(F)(F)F)c(CNCCN2CCOCC2)s1. The summed E-state index contributed by atoms with van der Waals surface area (Å²) in [5.74, 6) is 0.241. The van der Waals surface area contributed by atoms with Crippen molar-refractivity contribution in [2.24, 2.45) is 0 Å². The zero-order valence-corrected chi connectivity index (χ0v) is 18.8. The van der Waals surface area contributed by atoms with Gasteiger partial charge in [-0.05, 0) is 13.0 Å². The molecule has 1 aliphatic heterocycles. The van der Waals surface area contributed by atoms with Gasteiger partial charge < -0.3 is 15.4 Å². The number of nitrogens with zero attached hydrogens (tertiary/aromatic N) is 3. The summed E-state index contributed by atoms with van der Waals surface area (Å²) in [6.45, 7) is 6.62. The van der Waals surface area contributed by atoms with E-state index in [4.69, 9.17) is 4.74 Å². The molecule has 2 aromatic rings. The van der Waals surface area contributed by atoms with Gasteiger partial charge in [-0.3, -0.25) is 10.2 Å². The number of hydrogen-bond acceptors (Lipinski definition) is 7. The van der Waals surface area contributed by atoms with Gasteiger partial charge in [-0.2, -0.15) is 13.2 Å². The monoisotopic (exact) mass is 470 g/mol. The number of anilines is 1. The van der Waals surface area contributed by atoms with E-state index in [1.54, 1.807) is 20.8 Å². The van der Waals surface area contributed by atoms with E-state index in [-0.39, 0.29) is 22.2 Å². The highest BCUT2D eigenvalue weighted by Crippen LogP contribution is 2.37. The number of thiazole rings is 1. The molecule has 0 unspecified atom stereocenters. The number of ether oxygens (including phenoxy) is 1. The normalized spacial score (nSPS) is 15.0. The largest absolute Gasteiger partial charge is 0.434 e. The Kier molecular flexibility index (Phi) is 8.46. The fourth-order valence-electron chi connectivity index (χ4n) is 3.22. The molecule has 0 aromatic carbocycles. The number of urea groups is 1. The lowest BCUT2D eigenvalue weighted by Gasteiger charge is -2.26. The molecule has 3 N–H and O–H groups in total. The molecule has 8 nitrogen and oxygen atoms in total. The maximum Gasteiger partial charge on any atom is 0.434 e. The first-order valence-electron chi connectivity index (χ1n) is 10.4. The van der Waals surface area contributed by atoms with Gasteiger partial charge >= 0.3 is 12.2 Å². The number of amides is 2. The molecular weight excluding hydrogens is 444 g/mol. The molecular formula is C19H26BF3N6O2S. The van der Waals surface area contributed by atoms with Gasteiger partial charge in [-0.25, -0.2) is 14.8 Å². The van der Waals surface area contributed by atoms with E-state index < -0.39 is 17.9 Å². The Labute approximate surface area is 189 Å². The molecule has 1 aliphatic rings. The molecule has 0 bridgehead atoms. The highest BCUT2D eigenvalue weighted by atomic mass is 32.1. The molecule has 0 radical (unpaired) electrons. The Morgan fingerprint density at radius 1 is 1.34 bits per heavy atom. The summed E-state index contributed by atoms with van der Waals surface area (Å²) >= 11 is 0.994. The lowest BCUT2D eigenvalue weighted by molar-refractivity contribution is -0.141. The average Bonchev–Trinajstić information content (AvgIpc) is 3.18. The zero-order chi connectivity index (χ0) is 23.1. The summed E-state index contributed by atoms with van der Waals surface area (Å²) in [5.41, 5.74) is 0.286.